The van der Waals surface area contributed by atoms with Crippen LogP contribution in [-0.4, -0.2) is 31.4 Å². The molecule has 4 nitrogen and oxygen atoms in total. The molecule has 1 unspecified atom stereocenters. The number of benzene rings is 1. The normalized spacial score (nSPS) is 12.9. The van der Waals surface area contributed by atoms with Crippen LogP contribution in [0.3, 0.4) is 0 Å². The third-order valence-electron chi connectivity index (χ3n) is 2.52. The molecule has 1 heterocycles. The predicted molar refractivity (Wildman–Crippen MR) is 79.4 cm³/mol. The molecule has 2 rings (SSSR count). The molecule has 0 saturated carbocycles. The lowest BCUT2D eigenvalue weighted by Gasteiger charge is -1.98. The standard InChI is InChI=1S/C12H17N3OS2/c1-2-17-6-3-7-18(16)12-14-10-5-4-9(13)8-11(10)15-12/h4-5,8H,2-3,6-7,13H2,1H3,(H,14,15). The zero-order valence-electron chi connectivity index (χ0n) is 10.3. The molecule has 2 aromatic rings. The Morgan fingerprint density at radius 1 is 1.50 bits per heavy atom. The van der Waals surface area contributed by atoms with Crippen LogP contribution in [0.25, 0.3) is 11.0 Å². The second-order valence-electron chi connectivity index (χ2n) is 3.92. The summed E-state index contributed by atoms with van der Waals surface area (Å²) in [6.45, 7) is 2.13. The third-order valence-corrected chi connectivity index (χ3v) is 4.79. The van der Waals surface area contributed by atoms with E-state index in [2.05, 4.69) is 16.9 Å². The number of fused-ring (bicyclic) bond motifs is 1. The molecule has 1 aromatic heterocycles. The molecular formula is C12H17N3OS2. The van der Waals surface area contributed by atoms with Crippen molar-refractivity contribution in [3.05, 3.63) is 18.2 Å². The molecule has 18 heavy (non-hydrogen) atoms. The number of thioether (sulfide) groups is 1. The molecule has 1 atom stereocenters. The van der Waals surface area contributed by atoms with Gasteiger partial charge in [-0.2, -0.15) is 11.8 Å². The van der Waals surface area contributed by atoms with Gasteiger partial charge in [-0.3, -0.25) is 4.21 Å². The van der Waals surface area contributed by atoms with E-state index in [4.69, 9.17) is 5.73 Å². The van der Waals surface area contributed by atoms with Crippen molar-refractivity contribution >= 4 is 39.3 Å². The van der Waals surface area contributed by atoms with Crippen molar-refractivity contribution in [2.75, 3.05) is 23.0 Å². The highest BCUT2D eigenvalue weighted by atomic mass is 32.2. The summed E-state index contributed by atoms with van der Waals surface area (Å²) in [6.07, 6.45) is 0.949. The molecule has 98 valence electrons. The van der Waals surface area contributed by atoms with Crippen LogP contribution in [0.4, 0.5) is 5.69 Å². The maximum absolute atomic E-state index is 12.0. The van der Waals surface area contributed by atoms with Crippen molar-refractivity contribution in [1.82, 2.24) is 9.97 Å². The van der Waals surface area contributed by atoms with Gasteiger partial charge >= 0.3 is 0 Å². The Bertz CT molecular complexity index is 553. The number of imidazole rings is 1. The van der Waals surface area contributed by atoms with Gasteiger partial charge < -0.3 is 10.7 Å². The average Bonchev–Trinajstić information content (AvgIpc) is 2.77. The molecule has 0 spiro atoms. The first-order valence-corrected chi connectivity index (χ1v) is 8.39. The fraction of sp³-hybridized carbons (Fsp3) is 0.417. The van der Waals surface area contributed by atoms with Crippen molar-refractivity contribution < 1.29 is 4.21 Å². The highest BCUT2D eigenvalue weighted by Gasteiger charge is 2.09. The van der Waals surface area contributed by atoms with Gasteiger partial charge in [0.2, 0.25) is 0 Å². The van der Waals surface area contributed by atoms with Crippen LogP contribution in [-0.2, 0) is 10.8 Å². The number of rotatable bonds is 6. The van der Waals surface area contributed by atoms with E-state index in [1.54, 1.807) is 6.07 Å². The van der Waals surface area contributed by atoms with Crippen LogP contribution in [0, 0.1) is 0 Å². The fourth-order valence-corrected chi connectivity index (χ4v) is 3.49. The minimum absolute atomic E-state index is 0.553. The summed E-state index contributed by atoms with van der Waals surface area (Å²) in [4.78, 5) is 7.41. The van der Waals surface area contributed by atoms with Crippen molar-refractivity contribution in [2.45, 2.75) is 18.5 Å². The minimum atomic E-state index is -1.05. The SMILES string of the molecule is CCSCCCS(=O)c1nc2ccc(N)cc2[nH]1. The van der Waals surface area contributed by atoms with Gasteiger partial charge in [-0.15, -0.1) is 0 Å². The largest absolute Gasteiger partial charge is 0.399 e. The minimum Gasteiger partial charge on any atom is -0.399 e. The Hall–Kier alpha value is -1.01. The molecule has 0 aliphatic rings. The molecule has 0 fully saturated rings. The van der Waals surface area contributed by atoms with E-state index in [1.807, 2.05) is 23.9 Å². The van der Waals surface area contributed by atoms with Crippen molar-refractivity contribution in [3.8, 4) is 0 Å². The Balaban J connectivity index is 2.04. The number of aromatic amines is 1. The molecule has 0 amide bonds. The first-order chi connectivity index (χ1) is 8.70. The number of nitrogens with two attached hydrogens (primary N) is 1. The number of nitrogens with one attached hydrogen (secondary N) is 1. The highest BCUT2D eigenvalue weighted by molar-refractivity contribution is 7.99. The van der Waals surface area contributed by atoms with E-state index in [0.717, 1.165) is 29.0 Å². The second-order valence-corrected chi connectivity index (χ2v) is 6.80. The van der Waals surface area contributed by atoms with Crippen LogP contribution in [0.5, 0.6) is 0 Å². The van der Waals surface area contributed by atoms with Gasteiger partial charge in [-0.1, -0.05) is 6.92 Å². The summed E-state index contributed by atoms with van der Waals surface area (Å²) >= 11 is 1.87. The summed E-state index contributed by atoms with van der Waals surface area (Å²) in [5.41, 5.74) is 8.04. The smallest absolute Gasteiger partial charge is 0.197 e. The zero-order valence-corrected chi connectivity index (χ0v) is 11.9. The van der Waals surface area contributed by atoms with Crippen LogP contribution in [0.2, 0.25) is 0 Å². The molecule has 0 bridgehead atoms. The van der Waals surface area contributed by atoms with E-state index in [0.29, 0.717) is 16.6 Å². The molecule has 0 saturated heterocycles. The lowest BCUT2D eigenvalue weighted by Crippen LogP contribution is -2.01. The summed E-state index contributed by atoms with van der Waals surface area (Å²) < 4.78 is 12.0. The van der Waals surface area contributed by atoms with Crippen LogP contribution in [0.15, 0.2) is 23.4 Å². The summed E-state index contributed by atoms with van der Waals surface area (Å²) in [5, 5.41) is 0.553. The van der Waals surface area contributed by atoms with E-state index in [9.17, 15) is 4.21 Å². The molecule has 6 heteroatoms. The summed E-state index contributed by atoms with van der Waals surface area (Å²) in [7, 11) is -1.05. The number of aromatic nitrogens is 2. The quantitative estimate of drug-likeness (QED) is 0.631. The van der Waals surface area contributed by atoms with Crippen molar-refractivity contribution in [3.63, 3.8) is 0 Å². The Kier molecular flexibility index (Phi) is 4.66. The number of H-pyrrole nitrogens is 1. The van der Waals surface area contributed by atoms with Crippen LogP contribution in [0.1, 0.15) is 13.3 Å². The van der Waals surface area contributed by atoms with Crippen molar-refractivity contribution in [1.29, 1.82) is 0 Å². The van der Waals surface area contributed by atoms with E-state index < -0.39 is 10.8 Å². The van der Waals surface area contributed by atoms with Gasteiger partial charge in [0.05, 0.1) is 21.8 Å². The molecule has 0 aliphatic carbocycles. The Morgan fingerprint density at radius 2 is 2.33 bits per heavy atom. The first kappa shape index (κ1) is 13.4. The fourth-order valence-electron chi connectivity index (χ4n) is 1.64. The molecule has 0 aliphatic heterocycles. The van der Waals surface area contributed by atoms with Crippen LogP contribution < -0.4 is 5.73 Å². The first-order valence-electron chi connectivity index (χ1n) is 5.92. The second kappa shape index (κ2) is 6.24. The number of anilines is 1. The van der Waals surface area contributed by atoms with Gasteiger partial charge in [-0.05, 0) is 36.1 Å². The third kappa shape index (κ3) is 3.26. The molecule has 1 aromatic carbocycles. The van der Waals surface area contributed by atoms with E-state index >= 15 is 0 Å². The monoisotopic (exact) mass is 283 g/mol. The number of nitrogens with zero attached hydrogens (tertiary/aromatic N) is 1. The predicted octanol–water partition coefficient (Wildman–Crippen LogP) is 2.40. The van der Waals surface area contributed by atoms with Gasteiger partial charge in [0.15, 0.2) is 5.16 Å². The number of hydrogen-bond donors (Lipinski definition) is 2. The van der Waals surface area contributed by atoms with Gasteiger partial charge in [-0.25, -0.2) is 4.98 Å². The number of hydrogen-bond acceptors (Lipinski definition) is 4. The van der Waals surface area contributed by atoms with Gasteiger partial charge in [0, 0.05) is 11.4 Å². The Labute approximate surface area is 113 Å². The zero-order chi connectivity index (χ0) is 13.0. The molecule has 3 N–H and O–H groups in total. The summed E-state index contributed by atoms with van der Waals surface area (Å²) in [5.74, 6) is 2.81. The van der Waals surface area contributed by atoms with Crippen LogP contribution >= 0.6 is 11.8 Å². The molecule has 0 radical (unpaired) electrons. The maximum Gasteiger partial charge on any atom is 0.197 e. The van der Waals surface area contributed by atoms with E-state index in [1.165, 1.54) is 0 Å². The van der Waals surface area contributed by atoms with Crippen molar-refractivity contribution in [2.24, 2.45) is 0 Å². The van der Waals surface area contributed by atoms with E-state index in [-0.39, 0.29) is 0 Å². The number of nitrogen functional groups attached to an aromatic ring is 1. The lowest BCUT2D eigenvalue weighted by molar-refractivity contribution is 0.677. The lowest BCUT2D eigenvalue weighted by atomic mass is 10.3. The highest BCUT2D eigenvalue weighted by Crippen LogP contribution is 2.17. The maximum atomic E-state index is 12.0. The topological polar surface area (TPSA) is 71.8 Å². The van der Waals surface area contributed by atoms with Gasteiger partial charge in [0.1, 0.15) is 0 Å². The average molecular weight is 283 g/mol. The summed E-state index contributed by atoms with van der Waals surface area (Å²) in [6, 6.07) is 5.46. The Morgan fingerprint density at radius 3 is 3.11 bits per heavy atom. The molecular weight excluding hydrogens is 266 g/mol. The van der Waals surface area contributed by atoms with Gasteiger partial charge in [0.25, 0.3) is 0 Å².